The molecule has 0 radical (unpaired) electrons. The van der Waals surface area contributed by atoms with Crippen molar-refractivity contribution in [3.63, 3.8) is 0 Å². The summed E-state index contributed by atoms with van der Waals surface area (Å²) in [5.41, 5.74) is 2.82. The molecule has 0 aliphatic heterocycles. The van der Waals surface area contributed by atoms with Crippen LogP contribution in [0.5, 0.6) is 0 Å². The van der Waals surface area contributed by atoms with E-state index >= 15 is 0 Å². The first-order valence-corrected chi connectivity index (χ1v) is 8.38. The molecule has 4 aromatic heterocycles. The van der Waals surface area contributed by atoms with Crippen LogP contribution in [0.15, 0.2) is 60.5 Å². The van der Waals surface area contributed by atoms with Crippen molar-refractivity contribution in [2.45, 2.75) is 0 Å². The van der Waals surface area contributed by atoms with E-state index in [0.717, 1.165) is 10.6 Å². The van der Waals surface area contributed by atoms with Crippen LogP contribution in [-0.4, -0.2) is 24.9 Å². The Bertz CT molecular complexity index is 973. The number of nitrogens with zero attached hydrogens (tertiary/aromatic N) is 5. The Balaban J connectivity index is 1.95. The summed E-state index contributed by atoms with van der Waals surface area (Å²) in [6.45, 7) is 0. The highest BCUT2D eigenvalue weighted by Gasteiger charge is 2.17. The van der Waals surface area contributed by atoms with Crippen LogP contribution in [0.1, 0.15) is 0 Å². The first-order chi connectivity index (χ1) is 11.8. The van der Waals surface area contributed by atoms with Crippen molar-refractivity contribution in [2.24, 2.45) is 0 Å². The van der Waals surface area contributed by atoms with Gasteiger partial charge in [-0.2, -0.15) is 0 Å². The van der Waals surface area contributed by atoms with Gasteiger partial charge in [-0.15, -0.1) is 11.3 Å². The number of thiazole rings is 1. The first-order valence-electron chi connectivity index (χ1n) is 7.12. The summed E-state index contributed by atoms with van der Waals surface area (Å²) in [5.74, 6) is 0.552. The molecule has 0 fully saturated rings. The molecule has 4 rings (SSSR count). The number of aromatic nitrogens is 5. The largest absolute Gasteiger partial charge is 0.253 e. The van der Waals surface area contributed by atoms with Gasteiger partial charge in [-0.1, -0.05) is 11.6 Å². The molecule has 0 N–H and O–H groups in total. The lowest BCUT2D eigenvalue weighted by atomic mass is 10.1. The SMILES string of the molecule is Clc1cccnc1-c1nc(-c2ncccn2)ccc1-c1nccs1. The van der Waals surface area contributed by atoms with Gasteiger partial charge in [-0.3, -0.25) is 4.98 Å². The highest BCUT2D eigenvalue weighted by atomic mass is 35.5. The average molecular weight is 352 g/mol. The normalized spacial score (nSPS) is 10.7. The zero-order chi connectivity index (χ0) is 16.4. The summed E-state index contributed by atoms with van der Waals surface area (Å²) in [5, 5.41) is 3.32. The predicted molar refractivity (Wildman–Crippen MR) is 94.6 cm³/mol. The summed E-state index contributed by atoms with van der Waals surface area (Å²) in [4.78, 5) is 22.0. The molecule has 4 heterocycles. The Morgan fingerprint density at radius 2 is 1.62 bits per heavy atom. The van der Waals surface area contributed by atoms with Gasteiger partial charge in [0.2, 0.25) is 0 Å². The van der Waals surface area contributed by atoms with Gasteiger partial charge in [-0.05, 0) is 30.3 Å². The molecule has 0 aliphatic carbocycles. The van der Waals surface area contributed by atoms with Crippen LogP contribution in [-0.2, 0) is 0 Å². The molecule has 7 heteroatoms. The van der Waals surface area contributed by atoms with E-state index in [1.54, 1.807) is 43.0 Å². The lowest BCUT2D eigenvalue weighted by molar-refractivity contribution is 1.13. The van der Waals surface area contributed by atoms with Crippen molar-refractivity contribution in [1.82, 2.24) is 24.9 Å². The number of halogens is 1. The number of pyridine rings is 2. The van der Waals surface area contributed by atoms with Gasteiger partial charge in [0, 0.05) is 35.7 Å². The molecular weight excluding hydrogens is 342 g/mol. The standard InChI is InChI=1S/C17H10ClN5S/c18-12-3-1-6-19-15(12)14-11(17-22-9-10-24-17)4-5-13(23-14)16-20-7-2-8-21-16/h1-10H. The summed E-state index contributed by atoms with van der Waals surface area (Å²) in [7, 11) is 0. The summed E-state index contributed by atoms with van der Waals surface area (Å²) >= 11 is 7.88. The number of rotatable bonds is 3. The van der Waals surface area contributed by atoms with Crippen LogP contribution in [0.4, 0.5) is 0 Å². The van der Waals surface area contributed by atoms with E-state index in [0.29, 0.717) is 27.9 Å². The van der Waals surface area contributed by atoms with Crippen LogP contribution < -0.4 is 0 Å². The molecule has 0 unspecified atom stereocenters. The van der Waals surface area contributed by atoms with E-state index in [1.807, 2.05) is 17.5 Å². The quantitative estimate of drug-likeness (QED) is 0.548. The van der Waals surface area contributed by atoms with Crippen molar-refractivity contribution < 1.29 is 0 Å². The molecule has 0 saturated carbocycles. The maximum atomic E-state index is 6.34. The van der Waals surface area contributed by atoms with Gasteiger partial charge in [0.05, 0.1) is 5.02 Å². The topological polar surface area (TPSA) is 64.5 Å². The molecule has 116 valence electrons. The maximum absolute atomic E-state index is 6.34. The van der Waals surface area contributed by atoms with Crippen LogP contribution in [0.25, 0.3) is 33.5 Å². The lowest BCUT2D eigenvalue weighted by Crippen LogP contribution is -1.97. The van der Waals surface area contributed by atoms with Crippen molar-refractivity contribution in [3.05, 3.63) is 65.5 Å². The fourth-order valence-corrected chi connectivity index (χ4v) is 3.16. The molecular formula is C17H10ClN5S. The molecule has 0 spiro atoms. The molecule has 5 nitrogen and oxygen atoms in total. The Kier molecular flexibility index (Phi) is 3.98. The number of hydrogen-bond acceptors (Lipinski definition) is 6. The van der Waals surface area contributed by atoms with E-state index in [-0.39, 0.29) is 0 Å². The van der Waals surface area contributed by atoms with Gasteiger partial charge in [0.1, 0.15) is 22.1 Å². The molecule has 0 atom stereocenters. The fourth-order valence-electron chi connectivity index (χ4n) is 2.28. The molecule has 0 aliphatic rings. The van der Waals surface area contributed by atoms with E-state index in [1.165, 1.54) is 11.3 Å². The summed E-state index contributed by atoms with van der Waals surface area (Å²) < 4.78 is 0. The second-order valence-electron chi connectivity index (χ2n) is 4.84. The molecule has 0 amide bonds. The number of hydrogen-bond donors (Lipinski definition) is 0. The third kappa shape index (κ3) is 2.77. The summed E-state index contributed by atoms with van der Waals surface area (Å²) in [6, 6.07) is 9.19. The third-order valence-electron chi connectivity index (χ3n) is 3.34. The van der Waals surface area contributed by atoms with Gasteiger partial charge in [0.15, 0.2) is 5.82 Å². The Morgan fingerprint density at radius 1 is 0.792 bits per heavy atom. The third-order valence-corrected chi connectivity index (χ3v) is 4.45. The zero-order valence-corrected chi connectivity index (χ0v) is 13.9. The predicted octanol–water partition coefficient (Wildman–Crippen LogP) is 4.38. The highest BCUT2D eigenvalue weighted by molar-refractivity contribution is 7.13. The van der Waals surface area contributed by atoms with Crippen LogP contribution in [0.3, 0.4) is 0 Å². The van der Waals surface area contributed by atoms with E-state index in [4.69, 9.17) is 16.6 Å². The van der Waals surface area contributed by atoms with E-state index in [9.17, 15) is 0 Å². The minimum atomic E-state index is 0.536. The van der Waals surface area contributed by atoms with Crippen molar-refractivity contribution in [2.75, 3.05) is 0 Å². The second kappa shape index (κ2) is 6.43. The smallest absolute Gasteiger partial charge is 0.178 e. The van der Waals surface area contributed by atoms with Crippen molar-refractivity contribution in [1.29, 1.82) is 0 Å². The maximum Gasteiger partial charge on any atom is 0.178 e. The monoisotopic (exact) mass is 351 g/mol. The first kappa shape index (κ1) is 14.9. The molecule has 24 heavy (non-hydrogen) atoms. The van der Waals surface area contributed by atoms with Gasteiger partial charge >= 0.3 is 0 Å². The average Bonchev–Trinajstić information content (AvgIpc) is 3.17. The lowest BCUT2D eigenvalue weighted by Gasteiger charge is -2.09. The second-order valence-corrected chi connectivity index (χ2v) is 6.14. The molecule has 4 aromatic rings. The summed E-state index contributed by atoms with van der Waals surface area (Å²) in [6.07, 6.45) is 6.83. The Labute approximate surface area is 147 Å². The molecule has 0 saturated heterocycles. The van der Waals surface area contributed by atoms with Crippen molar-refractivity contribution >= 4 is 22.9 Å². The zero-order valence-electron chi connectivity index (χ0n) is 12.3. The van der Waals surface area contributed by atoms with E-state index in [2.05, 4.69) is 19.9 Å². The van der Waals surface area contributed by atoms with Gasteiger partial charge < -0.3 is 0 Å². The Morgan fingerprint density at radius 3 is 2.38 bits per heavy atom. The molecule has 0 aromatic carbocycles. The highest BCUT2D eigenvalue weighted by Crippen LogP contribution is 2.35. The minimum Gasteiger partial charge on any atom is -0.253 e. The van der Waals surface area contributed by atoms with Gasteiger partial charge in [0.25, 0.3) is 0 Å². The fraction of sp³-hybridized carbons (Fsp3) is 0. The van der Waals surface area contributed by atoms with Crippen LogP contribution in [0, 0.1) is 0 Å². The van der Waals surface area contributed by atoms with Gasteiger partial charge in [-0.25, -0.2) is 19.9 Å². The van der Waals surface area contributed by atoms with E-state index < -0.39 is 0 Å². The van der Waals surface area contributed by atoms with Crippen LogP contribution in [0.2, 0.25) is 5.02 Å². The van der Waals surface area contributed by atoms with Crippen LogP contribution >= 0.6 is 22.9 Å². The Hall–Kier alpha value is -2.70. The molecule has 0 bridgehead atoms. The van der Waals surface area contributed by atoms with Crippen molar-refractivity contribution in [3.8, 4) is 33.5 Å². The minimum absolute atomic E-state index is 0.536.